The zero-order valence-corrected chi connectivity index (χ0v) is 11.8. The second-order valence-corrected chi connectivity index (χ2v) is 5.79. The highest BCUT2D eigenvalue weighted by Crippen LogP contribution is 2.23. The van der Waals surface area contributed by atoms with Crippen LogP contribution in [0.5, 0.6) is 0 Å². The van der Waals surface area contributed by atoms with Gasteiger partial charge in [0.05, 0.1) is 0 Å². The highest BCUT2D eigenvalue weighted by atomic mass is 19.1. The summed E-state index contributed by atoms with van der Waals surface area (Å²) in [6.07, 6.45) is 4.87. The van der Waals surface area contributed by atoms with Gasteiger partial charge in [-0.05, 0) is 24.8 Å². The minimum atomic E-state index is -0.105. The molecule has 0 aliphatic carbocycles. The molecule has 2 atom stereocenters. The number of nitrogens with two attached hydrogens (primary N) is 1. The molecule has 2 rings (SSSR count). The predicted octanol–water partition coefficient (Wildman–Crippen LogP) is 3.17. The Hall–Kier alpha value is -0.930. The van der Waals surface area contributed by atoms with Crippen molar-refractivity contribution in [1.29, 1.82) is 0 Å². The summed E-state index contributed by atoms with van der Waals surface area (Å²) < 4.78 is 13.7. The van der Waals surface area contributed by atoms with E-state index in [1.54, 1.807) is 6.07 Å². The van der Waals surface area contributed by atoms with Crippen molar-refractivity contribution in [2.75, 3.05) is 13.1 Å². The number of halogens is 1. The molecule has 1 aliphatic heterocycles. The maximum absolute atomic E-state index is 13.7. The SMILES string of the molecule is CCCCC1CC(N)CN(Cc2ccccc2F)C1. The molecule has 1 aromatic rings. The molecule has 3 heteroatoms. The van der Waals surface area contributed by atoms with Gasteiger partial charge in [0.15, 0.2) is 0 Å². The highest BCUT2D eigenvalue weighted by molar-refractivity contribution is 5.17. The van der Waals surface area contributed by atoms with Crippen molar-refractivity contribution in [3.63, 3.8) is 0 Å². The third-order valence-corrected chi connectivity index (χ3v) is 3.96. The van der Waals surface area contributed by atoms with E-state index in [9.17, 15) is 4.39 Å². The lowest BCUT2D eigenvalue weighted by Gasteiger charge is -2.36. The summed E-state index contributed by atoms with van der Waals surface area (Å²) in [5.74, 6) is 0.572. The van der Waals surface area contributed by atoms with Gasteiger partial charge >= 0.3 is 0 Å². The number of nitrogens with zero attached hydrogens (tertiary/aromatic N) is 1. The van der Waals surface area contributed by atoms with Crippen LogP contribution < -0.4 is 5.73 Å². The summed E-state index contributed by atoms with van der Waals surface area (Å²) >= 11 is 0. The maximum Gasteiger partial charge on any atom is 0.127 e. The summed E-state index contributed by atoms with van der Waals surface area (Å²) in [5.41, 5.74) is 6.93. The molecule has 0 aromatic heterocycles. The molecule has 1 aromatic carbocycles. The monoisotopic (exact) mass is 264 g/mol. The molecule has 1 aliphatic rings. The van der Waals surface area contributed by atoms with Gasteiger partial charge in [-0.3, -0.25) is 4.90 Å². The fourth-order valence-electron chi connectivity index (χ4n) is 3.05. The number of hydrogen-bond donors (Lipinski definition) is 1. The normalized spacial score (nSPS) is 24.6. The van der Waals surface area contributed by atoms with E-state index in [2.05, 4.69) is 11.8 Å². The molecule has 2 nitrogen and oxygen atoms in total. The second-order valence-electron chi connectivity index (χ2n) is 5.79. The minimum Gasteiger partial charge on any atom is -0.327 e. The molecular formula is C16H25FN2. The van der Waals surface area contributed by atoms with Crippen LogP contribution in [0.25, 0.3) is 0 Å². The molecule has 0 radical (unpaired) electrons. The number of benzene rings is 1. The fourth-order valence-corrected chi connectivity index (χ4v) is 3.05. The van der Waals surface area contributed by atoms with E-state index in [1.165, 1.54) is 25.3 Å². The molecule has 2 unspecified atom stereocenters. The first kappa shape index (κ1) is 14.5. The van der Waals surface area contributed by atoms with E-state index in [1.807, 2.05) is 12.1 Å². The van der Waals surface area contributed by atoms with Crippen molar-refractivity contribution in [1.82, 2.24) is 4.90 Å². The van der Waals surface area contributed by atoms with Crippen LogP contribution in [-0.2, 0) is 6.54 Å². The summed E-state index contributed by atoms with van der Waals surface area (Å²) in [6, 6.07) is 7.29. The average molecular weight is 264 g/mol. The van der Waals surface area contributed by atoms with Gasteiger partial charge in [0.25, 0.3) is 0 Å². The first-order chi connectivity index (χ1) is 9.19. The van der Waals surface area contributed by atoms with Crippen LogP contribution in [0.1, 0.15) is 38.2 Å². The number of unbranched alkanes of at least 4 members (excludes halogenated alkanes) is 1. The quantitative estimate of drug-likeness (QED) is 0.885. The molecule has 1 heterocycles. The van der Waals surface area contributed by atoms with Gasteiger partial charge in [-0.25, -0.2) is 4.39 Å². The molecule has 106 valence electrons. The van der Waals surface area contributed by atoms with E-state index in [0.29, 0.717) is 12.5 Å². The molecule has 0 amide bonds. The molecule has 0 saturated carbocycles. The van der Waals surface area contributed by atoms with E-state index in [0.717, 1.165) is 25.1 Å². The molecule has 1 saturated heterocycles. The average Bonchev–Trinajstić information content (AvgIpc) is 2.38. The Balaban J connectivity index is 1.94. The Morgan fingerprint density at radius 3 is 2.84 bits per heavy atom. The van der Waals surface area contributed by atoms with Crippen molar-refractivity contribution in [2.45, 2.75) is 45.2 Å². The van der Waals surface area contributed by atoms with Crippen LogP contribution in [0.3, 0.4) is 0 Å². The van der Waals surface area contributed by atoms with Crippen LogP contribution in [0.2, 0.25) is 0 Å². The van der Waals surface area contributed by atoms with Crippen molar-refractivity contribution in [2.24, 2.45) is 11.7 Å². The summed E-state index contributed by atoms with van der Waals surface area (Å²) in [5, 5.41) is 0. The Labute approximate surface area is 115 Å². The molecule has 2 N–H and O–H groups in total. The van der Waals surface area contributed by atoms with E-state index < -0.39 is 0 Å². The van der Waals surface area contributed by atoms with E-state index >= 15 is 0 Å². The van der Waals surface area contributed by atoms with Gasteiger partial charge < -0.3 is 5.73 Å². The van der Waals surface area contributed by atoms with Gasteiger partial charge in [-0.2, -0.15) is 0 Å². The zero-order valence-electron chi connectivity index (χ0n) is 11.8. The Morgan fingerprint density at radius 1 is 1.32 bits per heavy atom. The molecule has 19 heavy (non-hydrogen) atoms. The first-order valence-electron chi connectivity index (χ1n) is 7.40. The highest BCUT2D eigenvalue weighted by Gasteiger charge is 2.25. The largest absolute Gasteiger partial charge is 0.327 e. The van der Waals surface area contributed by atoms with Crippen LogP contribution in [0.4, 0.5) is 4.39 Å². The van der Waals surface area contributed by atoms with Gasteiger partial charge in [0.2, 0.25) is 0 Å². The van der Waals surface area contributed by atoms with E-state index in [4.69, 9.17) is 5.73 Å². The first-order valence-corrected chi connectivity index (χ1v) is 7.40. The van der Waals surface area contributed by atoms with Crippen LogP contribution in [0.15, 0.2) is 24.3 Å². The summed E-state index contributed by atoms with van der Waals surface area (Å²) in [4.78, 5) is 2.31. The minimum absolute atomic E-state index is 0.105. The number of likely N-dealkylation sites (tertiary alicyclic amines) is 1. The fraction of sp³-hybridized carbons (Fsp3) is 0.625. The number of hydrogen-bond acceptors (Lipinski definition) is 2. The zero-order chi connectivity index (χ0) is 13.7. The van der Waals surface area contributed by atoms with Crippen molar-refractivity contribution < 1.29 is 4.39 Å². The van der Waals surface area contributed by atoms with Gasteiger partial charge in [-0.1, -0.05) is 38.0 Å². The lowest BCUT2D eigenvalue weighted by atomic mass is 9.90. The molecular weight excluding hydrogens is 239 g/mol. The topological polar surface area (TPSA) is 29.3 Å². The smallest absolute Gasteiger partial charge is 0.127 e. The lowest BCUT2D eigenvalue weighted by molar-refractivity contribution is 0.141. The third kappa shape index (κ3) is 4.29. The van der Waals surface area contributed by atoms with Gasteiger partial charge in [-0.15, -0.1) is 0 Å². The van der Waals surface area contributed by atoms with Gasteiger partial charge in [0.1, 0.15) is 5.82 Å². The van der Waals surface area contributed by atoms with Gasteiger partial charge in [0, 0.05) is 31.2 Å². The summed E-state index contributed by atoms with van der Waals surface area (Å²) in [6.45, 7) is 4.85. The lowest BCUT2D eigenvalue weighted by Crippen LogP contribution is -2.46. The standard InChI is InChI=1S/C16H25FN2/c1-2-3-6-13-9-15(18)12-19(10-13)11-14-7-4-5-8-16(14)17/h4-5,7-8,13,15H,2-3,6,9-12,18H2,1H3. The Kier molecular flexibility index (Phi) is 5.34. The second kappa shape index (κ2) is 7.01. The predicted molar refractivity (Wildman–Crippen MR) is 77.3 cm³/mol. The number of piperidine rings is 1. The van der Waals surface area contributed by atoms with Crippen molar-refractivity contribution in [3.8, 4) is 0 Å². The van der Waals surface area contributed by atoms with Crippen LogP contribution >= 0.6 is 0 Å². The molecule has 1 fully saturated rings. The van der Waals surface area contributed by atoms with Crippen LogP contribution in [0, 0.1) is 11.7 Å². The third-order valence-electron chi connectivity index (χ3n) is 3.96. The van der Waals surface area contributed by atoms with Crippen LogP contribution in [-0.4, -0.2) is 24.0 Å². The maximum atomic E-state index is 13.7. The molecule has 0 spiro atoms. The Morgan fingerprint density at radius 2 is 2.11 bits per heavy atom. The van der Waals surface area contributed by atoms with Crippen molar-refractivity contribution >= 4 is 0 Å². The van der Waals surface area contributed by atoms with Crippen molar-refractivity contribution in [3.05, 3.63) is 35.6 Å². The molecule has 0 bridgehead atoms. The summed E-state index contributed by atoms with van der Waals surface area (Å²) in [7, 11) is 0. The Bertz CT molecular complexity index is 394. The number of rotatable bonds is 5. The van der Waals surface area contributed by atoms with E-state index in [-0.39, 0.29) is 11.9 Å².